The fraction of sp³-hybridized carbons (Fsp3) is 0.500. The molecule has 3 N–H and O–H groups in total. The van der Waals surface area contributed by atoms with Crippen molar-refractivity contribution in [2.75, 3.05) is 13.1 Å². The maximum absolute atomic E-state index is 11.3. The summed E-state index contributed by atoms with van der Waals surface area (Å²) in [5.41, 5.74) is 0.806. The van der Waals surface area contributed by atoms with Gasteiger partial charge < -0.3 is 10.4 Å². The van der Waals surface area contributed by atoms with E-state index >= 15 is 0 Å². The van der Waals surface area contributed by atoms with Gasteiger partial charge in [0, 0.05) is 12.6 Å². The summed E-state index contributed by atoms with van der Waals surface area (Å²) in [6, 6.07) is 9.10. The van der Waals surface area contributed by atoms with Crippen LogP contribution in [0.2, 0.25) is 0 Å². The van der Waals surface area contributed by atoms with Gasteiger partial charge in [-0.1, -0.05) is 36.8 Å². The highest BCUT2D eigenvalue weighted by atomic mass is 16.4. The van der Waals surface area contributed by atoms with Crippen LogP contribution in [0.4, 0.5) is 0 Å². The number of hydrogen-bond donors (Lipinski definition) is 3. The van der Waals surface area contributed by atoms with E-state index in [2.05, 4.69) is 10.6 Å². The zero-order chi connectivity index (χ0) is 12.8. The molecule has 1 aromatic rings. The van der Waals surface area contributed by atoms with Gasteiger partial charge in [-0.25, -0.2) is 0 Å². The highest BCUT2D eigenvalue weighted by Gasteiger charge is 2.21. The van der Waals surface area contributed by atoms with Crippen molar-refractivity contribution in [3.8, 4) is 0 Å². The molecule has 1 fully saturated rings. The van der Waals surface area contributed by atoms with Gasteiger partial charge in [-0.05, 0) is 24.9 Å². The largest absolute Gasteiger partial charge is 0.480 e. The van der Waals surface area contributed by atoms with Crippen LogP contribution in [0.15, 0.2) is 30.3 Å². The summed E-state index contributed by atoms with van der Waals surface area (Å²) in [5, 5.41) is 15.8. The lowest BCUT2D eigenvalue weighted by Gasteiger charge is -2.25. The van der Waals surface area contributed by atoms with Crippen molar-refractivity contribution in [1.82, 2.24) is 10.6 Å². The van der Waals surface area contributed by atoms with Gasteiger partial charge >= 0.3 is 5.97 Å². The molecule has 1 saturated heterocycles. The molecule has 2 unspecified atom stereocenters. The van der Waals surface area contributed by atoms with Crippen molar-refractivity contribution in [3.05, 3.63) is 35.9 Å². The van der Waals surface area contributed by atoms with Gasteiger partial charge in [0.1, 0.15) is 6.04 Å². The number of carboxylic acids is 1. The van der Waals surface area contributed by atoms with Crippen molar-refractivity contribution in [2.24, 2.45) is 0 Å². The SMILES string of the molecule is O=C(O)C(NCC1CCCCN1)c1ccccc1. The summed E-state index contributed by atoms with van der Waals surface area (Å²) in [6.45, 7) is 1.74. The van der Waals surface area contributed by atoms with Crippen molar-refractivity contribution < 1.29 is 9.90 Å². The Kier molecular flexibility index (Phi) is 4.73. The topological polar surface area (TPSA) is 61.4 Å². The number of carbonyl (C=O) groups is 1. The number of hydrogen-bond acceptors (Lipinski definition) is 3. The first-order valence-electron chi connectivity index (χ1n) is 6.52. The molecule has 18 heavy (non-hydrogen) atoms. The Morgan fingerprint density at radius 3 is 2.78 bits per heavy atom. The number of rotatable bonds is 5. The Hall–Kier alpha value is -1.39. The first kappa shape index (κ1) is 13.1. The van der Waals surface area contributed by atoms with Crippen LogP contribution in [0.5, 0.6) is 0 Å². The van der Waals surface area contributed by atoms with Crippen LogP contribution in [-0.2, 0) is 4.79 Å². The lowest BCUT2D eigenvalue weighted by Crippen LogP contribution is -2.44. The van der Waals surface area contributed by atoms with E-state index in [1.807, 2.05) is 30.3 Å². The molecule has 1 aliphatic rings. The third-order valence-corrected chi connectivity index (χ3v) is 3.36. The quantitative estimate of drug-likeness (QED) is 0.740. The molecular weight excluding hydrogens is 228 g/mol. The second-order valence-corrected chi connectivity index (χ2v) is 4.74. The average molecular weight is 248 g/mol. The number of piperidine rings is 1. The second-order valence-electron chi connectivity index (χ2n) is 4.74. The number of carboxylic acid groups (broad SMARTS) is 1. The van der Waals surface area contributed by atoms with Gasteiger partial charge in [0.25, 0.3) is 0 Å². The fourth-order valence-corrected chi connectivity index (χ4v) is 2.35. The molecule has 0 aromatic heterocycles. The first-order chi connectivity index (χ1) is 8.77. The third-order valence-electron chi connectivity index (χ3n) is 3.36. The Morgan fingerprint density at radius 2 is 2.17 bits per heavy atom. The van der Waals surface area contributed by atoms with Gasteiger partial charge in [-0.2, -0.15) is 0 Å². The molecule has 2 rings (SSSR count). The zero-order valence-electron chi connectivity index (χ0n) is 10.4. The molecule has 0 spiro atoms. The lowest BCUT2D eigenvalue weighted by atomic mass is 10.0. The fourth-order valence-electron chi connectivity index (χ4n) is 2.35. The van der Waals surface area contributed by atoms with Crippen LogP contribution in [0, 0.1) is 0 Å². The summed E-state index contributed by atoms with van der Waals surface area (Å²) in [4.78, 5) is 11.3. The molecule has 0 saturated carbocycles. The molecular formula is C14H20N2O2. The van der Waals surface area contributed by atoms with E-state index in [9.17, 15) is 9.90 Å². The highest BCUT2D eigenvalue weighted by molar-refractivity contribution is 5.75. The zero-order valence-corrected chi connectivity index (χ0v) is 10.4. The van der Waals surface area contributed by atoms with E-state index in [0.29, 0.717) is 12.6 Å². The Morgan fingerprint density at radius 1 is 1.39 bits per heavy atom. The Balaban J connectivity index is 1.92. The summed E-state index contributed by atoms with van der Waals surface area (Å²) >= 11 is 0. The van der Waals surface area contributed by atoms with Gasteiger partial charge in [0.2, 0.25) is 0 Å². The van der Waals surface area contributed by atoms with Crippen LogP contribution in [0.1, 0.15) is 30.9 Å². The third kappa shape index (κ3) is 3.55. The lowest BCUT2D eigenvalue weighted by molar-refractivity contribution is -0.139. The molecule has 0 bridgehead atoms. The molecule has 1 aliphatic heterocycles. The molecule has 0 radical (unpaired) electrons. The number of nitrogens with one attached hydrogen (secondary N) is 2. The molecule has 4 nitrogen and oxygen atoms in total. The van der Waals surface area contributed by atoms with Gasteiger partial charge in [0.05, 0.1) is 0 Å². The summed E-state index contributed by atoms with van der Waals surface area (Å²) in [5.74, 6) is -0.822. The van der Waals surface area contributed by atoms with Crippen LogP contribution < -0.4 is 10.6 Å². The van der Waals surface area contributed by atoms with Gasteiger partial charge in [0.15, 0.2) is 0 Å². The van der Waals surface area contributed by atoms with E-state index in [1.165, 1.54) is 12.8 Å². The molecule has 1 heterocycles. The number of benzene rings is 1. The Bertz CT molecular complexity index is 375. The van der Waals surface area contributed by atoms with E-state index < -0.39 is 12.0 Å². The van der Waals surface area contributed by atoms with Gasteiger partial charge in [-0.15, -0.1) is 0 Å². The van der Waals surface area contributed by atoms with Crippen LogP contribution in [0.3, 0.4) is 0 Å². The molecule has 1 aromatic carbocycles. The van der Waals surface area contributed by atoms with Crippen molar-refractivity contribution >= 4 is 5.97 Å². The first-order valence-corrected chi connectivity index (χ1v) is 6.52. The summed E-state index contributed by atoms with van der Waals surface area (Å²) in [6.07, 6.45) is 3.56. The number of aliphatic carboxylic acids is 1. The monoisotopic (exact) mass is 248 g/mol. The normalized spacial score (nSPS) is 21.4. The summed E-state index contributed by atoms with van der Waals surface area (Å²) < 4.78 is 0. The molecule has 0 aliphatic carbocycles. The molecule has 4 heteroatoms. The van der Waals surface area contributed by atoms with Crippen LogP contribution in [-0.4, -0.2) is 30.2 Å². The van der Waals surface area contributed by atoms with Crippen molar-refractivity contribution in [2.45, 2.75) is 31.3 Å². The minimum atomic E-state index is -0.822. The average Bonchev–Trinajstić information content (AvgIpc) is 2.41. The van der Waals surface area contributed by atoms with Crippen LogP contribution in [0.25, 0.3) is 0 Å². The van der Waals surface area contributed by atoms with Crippen molar-refractivity contribution in [1.29, 1.82) is 0 Å². The Labute approximate surface area is 107 Å². The second kappa shape index (κ2) is 6.52. The minimum Gasteiger partial charge on any atom is -0.480 e. The van der Waals surface area contributed by atoms with Gasteiger partial charge in [-0.3, -0.25) is 10.1 Å². The van der Waals surface area contributed by atoms with E-state index in [0.717, 1.165) is 18.5 Å². The maximum Gasteiger partial charge on any atom is 0.325 e. The standard InChI is InChI=1S/C14H20N2O2/c17-14(18)13(11-6-2-1-3-7-11)16-10-12-8-4-5-9-15-12/h1-3,6-7,12-13,15-16H,4-5,8-10H2,(H,17,18). The van der Waals surface area contributed by atoms with Crippen molar-refractivity contribution in [3.63, 3.8) is 0 Å². The highest BCUT2D eigenvalue weighted by Crippen LogP contribution is 2.13. The molecule has 0 amide bonds. The predicted molar refractivity (Wildman–Crippen MR) is 70.5 cm³/mol. The molecule has 98 valence electrons. The maximum atomic E-state index is 11.3. The van der Waals surface area contributed by atoms with Crippen LogP contribution >= 0.6 is 0 Å². The predicted octanol–water partition coefficient (Wildman–Crippen LogP) is 1.54. The van der Waals surface area contributed by atoms with E-state index in [1.54, 1.807) is 0 Å². The summed E-state index contributed by atoms with van der Waals surface area (Å²) in [7, 11) is 0. The van der Waals surface area contributed by atoms with E-state index in [-0.39, 0.29) is 0 Å². The minimum absolute atomic E-state index is 0.393. The van der Waals surface area contributed by atoms with E-state index in [4.69, 9.17) is 0 Å². The smallest absolute Gasteiger partial charge is 0.325 e. The molecule has 2 atom stereocenters.